The molecule has 0 saturated carbocycles. The molecule has 0 spiro atoms. The molecule has 0 radical (unpaired) electrons. The predicted molar refractivity (Wildman–Crippen MR) is 111 cm³/mol. The molecule has 2 aromatic carbocycles. The Hall–Kier alpha value is -2.55. The van der Waals surface area contributed by atoms with Gasteiger partial charge in [-0.25, -0.2) is 0 Å². The second kappa shape index (κ2) is 8.90. The van der Waals surface area contributed by atoms with Crippen LogP contribution in [0.4, 0.5) is 0 Å². The van der Waals surface area contributed by atoms with Gasteiger partial charge in [0.2, 0.25) is 0 Å². The van der Waals surface area contributed by atoms with Crippen molar-refractivity contribution in [2.45, 2.75) is 52.5 Å². The summed E-state index contributed by atoms with van der Waals surface area (Å²) in [7, 11) is 0. The largest absolute Gasteiger partial charge is 0.466 e. The summed E-state index contributed by atoms with van der Waals surface area (Å²) in [6, 6.07) is 18.9. The van der Waals surface area contributed by atoms with Crippen LogP contribution in [-0.2, 0) is 16.1 Å². The van der Waals surface area contributed by atoms with Crippen LogP contribution in [0, 0.1) is 6.92 Å². The summed E-state index contributed by atoms with van der Waals surface area (Å²) < 4.78 is 7.77. The third-order valence-electron chi connectivity index (χ3n) is 5.23. The maximum atomic E-state index is 12.8. The zero-order chi connectivity index (χ0) is 19.2. The summed E-state index contributed by atoms with van der Waals surface area (Å²) in [5.74, 6) is -0.302. The van der Waals surface area contributed by atoms with Crippen molar-refractivity contribution in [3.8, 4) is 0 Å². The van der Waals surface area contributed by atoms with Crippen molar-refractivity contribution in [3.63, 3.8) is 0 Å². The molecule has 0 amide bonds. The highest BCUT2D eigenvalue weighted by atomic mass is 16.5. The van der Waals surface area contributed by atoms with E-state index in [1.165, 1.54) is 16.5 Å². The van der Waals surface area contributed by atoms with Crippen molar-refractivity contribution in [1.29, 1.82) is 0 Å². The Morgan fingerprint density at radius 2 is 1.74 bits per heavy atom. The summed E-state index contributed by atoms with van der Waals surface area (Å²) in [6.45, 7) is 7.39. The highest BCUT2D eigenvalue weighted by Gasteiger charge is 2.28. The molecule has 0 aliphatic heterocycles. The number of hydrogen-bond donors (Lipinski definition) is 0. The standard InChI is InChI=1S/C24H29NO2/c1-4-6-14-21(24(26)27-5-2)23-18(3)25(17-19-12-8-7-9-13-19)22-16-11-10-15-20(22)23/h7-13,15-16,21H,4-6,14,17H2,1-3H3/t21-/m1/s1. The second-order valence-electron chi connectivity index (χ2n) is 7.03. The number of benzene rings is 2. The first-order chi connectivity index (χ1) is 13.2. The topological polar surface area (TPSA) is 31.2 Å². The summed E-state index contributed by atoms with van der Waals surface area (Å²) in [4.78, 5) is 12.8. The number of para-hydroxylation sites is 1. The van der Waals surface area contributed by atoms with Crippen molar-refractivity contribution in [1.82, 2.24) is 4.57 Å². The molecule has 3 heteroatoms. The molecule has 0 aliphatic carbocycles. The molecular weight excluding hydrogens is 334 g/mol. The minimum atomic E-state index is -0.202. The summed E-state index contributed by atoms with van der Waals surface area (Å²) in [5, 5.41) is 1.17. The Bertz CT molecular complexity index is 895. The lowest BCUT2D eigenvalue weighted by atomic mass is 9.91. The Morgan fingerprint density at radius 1 is 1.04 bits per heavy atom. The molecule has 0 saturated heterocycles. The first kappa shape index (κ1) is 19.2. The average Bonchev–Trinajstić information content (AvgIpc) is 2.96. The Morgan fingerprint density at radius 3 is 2.44 bits per heavy atom. The number of unbranched alkanes of at least 4 members (excludes halogenated alkanes) is 1. The van der Waals surface area contributed by atoms with Crippen LogP contribution in [0.5, 0.6) is 0 Å². The number of aromatic nitrogens is 1. The fraction of sp³-hybridized carbons (Fsp3) is 0.375. The third-order valence-corrected chi connectivity index (χ3v) is 5.23. The van der Waals surface area contributed by atoms with Gasteiger partial charge in [-0.05, 0) is 37.5 Å². The number of carbonyl (C=O) groups is 1. The van der Waals surface area contributed by atoms with Crippen molar-refractivity contribution in [3.05, 3.63) is 71.4 Å². The first-order valence-corrected chi connectivity index (χ1v) is 9.95. The number of esters is 1. The average molecular weight is 364 g/mol. The van der Waals surface area contributed by atoms with Crippen LogP contribution in [0.25, 0.3) is 10.9 Å². The molecule has 3 rings (SSSR count). The van der Waals surface area contributed by atoms with Gasteiger partial charge in [-0.1, -0.05) is 68.3 Å². The lowest BCUT2D eigenvalue weighted by molar-refractivity contribution is -0.145. The highest BCUT2D eigenvalue weighted by Crippen LogP contribution is 2.35. The minimum Gasteiger partial charge on any atom is -0.466 e. The van der Waals surface area contributed by atoms with Crippen molar-refractivity contribution in [2.24, 2.45) is 0 Å². The fourth-order valence-corrected chi connectivity index (χ4v) is 3.90. The van der Waals surface area contributed by atoms with Gasteiger partial charge in [0, 0.05) is 23.1 Å². The van der Waals surface area contributed by atoms with E-state index in [1.807, 2.05) is 13.0 Å². The van der Waals surface area contributed by atoms with Crippen LogP contribution < -0.4 is 0 Å². The monoisotopic (exact) mass is 363 g/mol. The molecule has 3 aromatic rings. The SMILES string of the molecule is CCCC[C@@H](C(=O)OCC)c1c(C)n(Cc2ccccc2)c2ccccc12. The van der Waals surface area contributed by atoms with Gasteiger partial charge in [-0.15, -0.1) is 0 Å². The summed E-state index contributed by atoms with van der Waals surface area (Å²) in [6.07, 6.45) is 2.91. The zero-order valence-electron chi connectivity index (χ0n) is 16.6. The highest BCUT2D eigenvalue weighted by molar-refractivity contribution is 5.92. The van der Waals surface area contributed by atoms with Gasteiger partial charge in [-0.2, -0.15) is 0 Å². The van der Waals surface area contributed by atoms with Crippen LogP contribution in [0.15, 0.2) is 54.6 Å². The molecule has 0 N–H and O–H groups in total. The number of rotatable bonds is 8. The lowest BCUT2D eigenvalue weighted by Crippen LogP contribution is -2.17. The van der Waals surface area contributed by atoms with Crippen LogP contribution in [-0.4, -0.2) is 17.1 Å². The molecule has 3 nitrogen and oxygen atoms in total. The number of carbonyl (C=O) groups excluding carboxylic acids is 1. The van der Waals surface area contributed by atoms with Gasteiger partial charge in [0.05, 0.1) is 12.5 Å². The van der Waals surface area contributed by atoms with E-state index in [9.17, 15) is 4.79 Å². The smallest absolute Gasteiger partial charge is 0.313 e. The van der Waals surface area contributed by atoms with Gasteiger partial charge in [0.25, 0.3) is 0 Å². The van der Waals surface area contributed by atoms with E-state index < -0.39 is 0 Å². The molecular formula is C24H29NO2. The van der Waals surface area contributed by atoms with Crippen LogP contribution in [0.1, 0.15) is 55.8 Å². The Kier molecular flexibility index (Phi) is 6.33. The van der Waals surface area contributed by atoms with E-state index in [-0.39, 0.29) is 11.9 Å². The van der Waals surface area contributed by atoms with E-state index in [2.05, 4.69) is 66.9 Å². The van der Waals surface area contributed by atoms with Gasteiger partial charge in [0.15, 0.2) is 0 Å². The van der Waals surface area contributed by atoms with Gasteiger partial charge < -0.3 is 9.30 Å². The molecule has 142 valence electrons. The number of hydrogen-bond acceptors (Lipinski definition) is 2. The molecule has 1 aromatic heterocycles. The van der Waals surface area contributed by atoms with Crippen LogP contribution in [0.3, 0.4) is 0 Å². The molecule has 0 aliphatic rings. The van der Waals surface area contributed by atoms with Gasteiger partial charge in [0.1, 0.15) is 0 Å². The summed E-state index contributed by atoms with van der Waals surface area (Å²) in [5.41, 5.74) is 4.73. The van der Waals surface area contributed by atoms with Crippen LogP contribution >= 0.6 is 0 Å². The fourth-order valence-electron chi connectivity index (χ4n) is 3.90. The van der Waals surface area contributed by atoms with E-state index in [1.54, 1.807) is 0 Å². The molecule has 0 fully saturated rings. The number of ether oxygens (including phenoxy) is 1. The van der Waals surface area contributed by atoms with E-state index in [0.29, 0.717) is 6.61 Å². The van der Waals surface area contributed by atoms with Gasteiger partial charge >= 0.3 is 5.97 Å². The maximum absolute atomic E-state index is 12.8. The van der Waals surface area contributed by atoms with E-state index in [0.717, 1.165) is 37.1 Å². The normalized spacial score (nSPS) is 12.3. The lowest BCUT2D eigenvalue weighted by Gasteiger charge is -2.17. The first-order valence-electron chi connectivity index (χ1n) is 9.95. The van der Waals surface area contributed by atoms with Crippen LogP contribution in [0.2, 0.25) is 0 Å². The number of nitrogens with zero attached hydrogens (tertiary/aromatic N) is 1. The Labute approximate surface area is 162 Å². The predicted octanol–water partition coefficient (Wildman–Crippen LogP) is 5.83. The van der Waals surface area contributed by atoms with E-state index >= 15 is 0 Å². The number of fused-ring (bicyclic) bond motifs is 1. The van der Waals surface area contributed by atoms with E-state index in [4.69, 9.17) is 4.74 Å². The summed E-state index contributed by atoms with van der Waals surface area (Å²) >= 11 is 0. The minimum absolute atomic E-state index is 0.100. The molecule has 0 unspecified atom stereocenters. The zero-order valence-corrected chi connectivity index (χ0v) is 16.6. The second-order valence-corrected chi connectivity index (χ2v) is 7.03. The molecule has 1 atom stereocenters. The maximum Gasteiger partial charge on any atom is 0.313 e. The van der Waals surface area contributed by atoms with Gasteiger partial charge in [-0.3, -0.25) is 4.79 Å². The molecule has 0 bridgehead atoms. The van der Waals surface area contributed by atoms with Crippen molar-refractivity contribution in [2.75, 3.05) is 6.61 Å². The Balaban J connectivity index is 2.11. The van der Waals surface area contributed by atoms with Crippen molar-refractivity contribution >= 4 is 16.9 Å². The third kappa shape index (κ3) is 4.08. The molecule has 1 heterocycles. The van der Waals surface area contributed by atoms with Crippen molar-refractivity contribution < 1.29 is 9.53 Å². The quantitative estimate of drug-likeness (QED) is 0.471. The molecule has 27 heavy (non-hydrogen) atoms.